The van der Waals surface area contributed by atoms with E-state index >= 15 is 0 Å². The normalized spacial score (nSPS) is 35.5. The van der Waals surface area contributed by atoms with Gasteiger partial charge in [-0.1, -0.05) is 0 Å². The molecule has 1 N–H and O–H groups in total. The first kappa shape index (κ1) is 9.00. The van der Waals surface area contributed by atoms with Gasteiger partial charge >= 0.3 is 0 Å². The van der Waals surface area contributed by atoms with Gasteiger partial charge in [-0.15, -0.1) is 0 Å². The first-order valence-electron chi connectivity index (χ1n) is 5.24. The summed E-state index contributed by atoms with van der Waals surface area (Å²) in [7, 11) is 0. The van der Waals surface area contributed by atoms with Crippen molar-refractivity contribution < 1.29 is 4.74 Å². The molecule has 0 aromatic heterocycles. The highest BCUT2D eigenvalue weighted by molar-refractivity contribution is 5.80. The van der Waals surface area contributed by atoms with Crippen molar-refractivity contribution in [1.82, 2.24) is 4.90 Å². The fourth-order valence-corrected chi connectivity index (χ4v) is 2.35. The summed E-state index contributed by atoms with van der Waals surface area (Å²) in [5, 5.41) is 7.87. The molecule has 74 valence electrons. The Balaban J connectivity index is 2.01. The number of nitrogens with one attached hydrogen (secondary N) is 1. The summed E-state index contributed by atoms with van der Waals surface area (Å²) in [5.74, 6) is 0.827. The SMILES string of the molecule is CC1OCCC1N1CCCCC1=N. The Labute approximate surface area is 79.6 Å². The van der Waals surface area contributed by atoms with Gasteiger partial charge in [0.05, 0.1) is 18.0 Å². The molecule has 3 heteroatoms. The molecule has 2 heterocycles. The van der Waals surface area contributed by atoms with Gasteiger partial charge in [0.25, 0.3) is 0 Å². The maximum atomic E-state index is 7.87. The second kappa shape index (κ2) is 3.66. The fourth-order valence-electron chi connectivity index (χ4n) is 2.35. The van der Waals surface area contributed by atoms with Crippen molar-refractivity contribution in [2.75, 3.05) is 13.2 Å². The van der Waals surface area contributed by atoms with E-state index in [4.69, 9.17) is 10.1 Å². The molecule has 13 heavy (non-hydrogen) atoms. The first-order chi connectivity index (χ1) is 6.29. The molecule has 2 aliphatic rings. The summed E-state index contributed by atoms with van der Waals surface area (Å²) in [6.45, 7) is 4.06. The molecule has 2 atom stereocenters. The minimum atomic E-state index is 0.318. The Morgan fingerprint density at radius 3 is 2.92 bits per heavy atom. The van der Waals surface area contributed by atoms with Crippen LogP contribution < -0.4 is 0 Å². The van der Waals surface area contributed by atoms with Gasteiger partial charge in [0.2, 0.25) is 0 Å². The number of hydrogen-bond acceptors (Lipinski definition) is 2. The Kier molecular flexibility index (Phi) is 2.54. The van der Waals surface area contributed by atoms with Crippen molar-refractivity contribution in [3.8, 4) is 0 Å². The van der Waals surface area contributed by atoms with Crippen LogP contribution in [0.5, 0.6) is 0 Å². The number of piperidine rings is 1. The highest BCUT2D eigenvalue weighted by Crippen LogP contribution is 2.23. The predicted octanol–water partition coefficient (Wildman–Crippen LogP) is 1.63. The van der Waals surface area contributed by atoms with Crippen LogP contribution in [-0.2, 0) is 4.74 Å². The number of likely N-dealkylation sites (tertiary alicyclic amines) is 1. The van der Waals surface area contributed by atoms with E-state index in [9.17, 15) is 0 Å². The smallest absolute Gasteiger partial charge is 0.0961 e. The molecule has 0 aliphatic carbocycles. The molecule has 0 aromatic rings. The van der Waals surface area contributed by atoms with Gasteiger partial charge < -0.3 is 9.64 Å². The van der Waals surface area contributed by atoms with Crippen LogP contribution in [0.2, 0.25) is 0 Å². The standard InChI is InChI=1S/C10H18N2O/c1-8-9(5-7-13-8)12-6-3-2-4-10(12)11/h8-9,11H,2-7H2,1H3. The third-order valence-electron chi connectivity index (χ3n) is 3.15. The van der Waals surface area contributed by atoms with E-state index in [2.05, 4.69) is 11.8 Å². The van der Waals surface area contributed by atoms with Gasteiger partial charge in [0.1, 0.15) is 0 Å². The molecule has 0 spiro atoms. The first-order valence-corrected chi connectivity index (χ1v) is 5.24. The topological polar surface area (TPSA) is 36.3 Å². The number of hydrogen-bond donors (Lipinski definition) is 1. The van der Waals surface area contributed by atoms with E-state index in [-0.39, 0.29) is 0 Å². The quantitative estimate of drug-likeness (QED) is 0.669. The molecule has 0 saturated carbocycles. The van der Waals surface area contributed by atoms with Crippen molar-refractivity contribution in [2.24, 2.45) is 0 Å². The van der Waals surface area contributed by atoms with Gasteiger partial charge in [0.15, 0.2) is 0 Å². The van der Waals surface area contributed by atoms with Gasteiger partial charge in [0, 0.05) is 19.6 Å². The number of nitrogens with zero attached hydrogens (tertiary/aromatic N) is 1. The third kappa shape index (κ3) is 1.70. The molecule has 2 aliphatic heterocycles. The van der Waals surface area contributed by atoms with Gasteiger partial charge in [-0.3, -0.25) is 5.41 Å². The maximum absolute atomic E-state index is 7.87. The van der Waals surface area contributed by atoms with E-state index in [0.717, 1.165) is 31.8 Å². The maximum Gasteiger partial charge on any atom is 0.0961 e. The summed E-state index contributed by atoms with van der Waals surface area (Å²) in [5.41, 5.74) is 0. The molecule has 2 unspecified atom stereocenters. The zero-order valence-corrected chi connectivity index (χ0v) is 8.25. The number of rotatable bonds is 1. The monoisotopic (exact) mass is 182 g/mol. The van der Waals surface area contributed by atoms with Crippen LogP contribution >= 0.6 is 0 Å². The molecule has 0 amide bonds. The van der Waals surface area contributed by atoms with Gasteiger partial charge in [-0.05, 0) is 26.2 Å². The van der Waals surface area contributed by atoms with Crippen LogP contribution in [0.3, 0.4) is 0 Å². The minimum Gasteiger partial charge on any atom is -0.376 e. The second-order valence-electron chi connectivity index (χ2n) is 4.03. The van der Waals surface area contributed by atoms with E-state index in [1.807, 2.05) is 0 Å². The molecule has 0 bridgehead atoms. The molecule has 0 radical (unpaired) electrons. The highest BCUT2D eigenvalue weighted by atomic mass is 16.5. The molecule has 3 nitrogen and oxygen atoms in total. The van der Waals surface area contributed by atoms with Crippen molar-refractivity contribution in [2.45, 2.75) is 44.8 Å². The summed E-state index contributed by atoms with van der Waals surface area (Å²) < 4.78 is 5.53. The third-order valence-corrected chi connectivity index (χ3v) is 3.15. The van der Waals surface area contributed by atoms with Crippen LogP contribution in [0.4, 0.5) is 0 Å². The van der Waals surface area contributed by atoms with Crippen molar-refractivity contribution in [3.05, 3.63) is 0 Å². The Hall–Kier alpha value is -0.570. The average molecular weight is 182 g/mol. The van der Waals surface area contributed by atoms with Crippen LogP contribution in [0.15, 0.2) is 0 Å². The lowest BCUT2D eigenvalue weighted by atomic mass is 10.0. The summed E-state index contributed by atoms with van der Waals surface area (Å²) in [4.78, 5) is 2.25. The molecule has 2 fully saturated rings. The Bertz CT molecular complexity index is 205. The summed E-state index contributed by atoms with van der Waals surface area (Å²) in [6, 6.07) is 0.479. The van der Waals surface area contributed by atoms with E-state index in [1.54, 1.807) is 0 Å². The zero-order chi connectivity index (χ0) is 9.26. The molecule has 0 aromatic carbocycles. The van der Waals surface area contributed by atoms with E-state index < -0.39 is 0 Å². The molecular formula is C10H18N2O. The number of ether oxygens (including phenoxy) is 1. The Morgan fingerprint density at radius 2 is 2.31 bits per heavy atom. The van der Waals surface area contributed by atoms with Crippen molar-refractivity contribution >= 4 is 5.84 Å². The summed E-state index contributed by atoms with van der Waals surface area (Å²) >= 11 is 0. The lowest BCUT2D eigenvalue weighted by Gasteiger charge is -2.35. The molecule has 2 saturated heterocycles. The Morgan fingerprint density at radius 1 is 1.46 bits per heavy atom. The van der Waals surface area contributed by atoms with Crippen LogP contribution in [0.1, 0.15) is 32.6 Å². The lowest BCUT2D eigenvalue weighted by molar-refractivity contribution is 0.0922. The fraction of sp³-hybridized carbons (Fsp3) is 0.900. The highest BCUT2D eigenvalue weighted by Gasteiger charge is 2.32. The lowest BCUT2D eigenvalue weighted by Crippen LogP contribution is -2.45. The largest absolute Gasteiger partial charge is 0.376 e. The van der Waals surface area contributed by atoms with E-state index in [0.29, 0.717) is 12.1 Å². The summed E-state index contributed by atoms with van der Waals surface area (Å²) in [6.07, 6.45) is 4.81. The van der Waals surface area contributed by atoms with Crippen molar-refractivity contribution in [3.63, 3.8) is 0 Å². The van der Waals surface area contributed by atoms with Gasteiger partial charge in [-0.2, -0.15) is 0 Å². The second-order valence-corrected chi connectivity index (χ2v) is 4.03. The average Bonchev–Trinajstić information content (AvgIpc) is 2.52. The van der Waals surface area contributed by atoms with Gasteiger partial charge in [-0.25, -0.2) is 0 Å². The number of amidine groups is 1. The predicted molar refractivity (Wildman–Crippen MR) is 52.1 cm³/mol. The van der Waals surface area contributed by atoms with Crippen LogP contribution in [0, 0.1) is 5.41 Å². The van der Waals surface area contributed by atoms with Crippen molar-refractivity contribution in [1.29, 1.82) is 5.41 Å². The molecular weight excluding hydrogens is 164 g/mol. The van der Waals surface area contributed by atoms with E-state index in [1.165, 1.54) is 12.8 Å². The van der Waals surface area contributed by atoms with Crippen LogP contribution in [-0.4, -0.2) is 36.0 Å². The van der Waals surface area contributed by atoms with Crippen LogP contribution in [0.25, 0.3) is 0 Å². The minimum absolute atomic E-state index is 0.318. The molecule has 2 rings (SSSR count). The zero-order valence-electron chi connectivity index (χ0n) is 8.25.